The quantitative estimate of drug-likeness (QED) is 0.745. The molecule has 0 aliphatic heterocycles. The van der Waals surface area contributed by atoms with Crippen molar-refractivity contribution in [3.63, 3.8) is 0 Å². The van der Waals surface area contributed by atoms with E-state index in [4.69, 9.17) is 10.5 Å². The number of nitrogens with two attached hydrogens (primary N) is 1. The molecule has 2 rings (SSSR count). The van der Waals surface area contributed by atoms with Crippen molar-refractivity contribution in [3.05, 3.63) is 58.1 Å². The molecule has 3 heteroatoms. The minimum atomic E-state index is 0.206. The van der Waals surface area contributed by atoms with E-state index in [1.165, 1.54) is 5.56 Å². The van der Waals surface area contributed by atoms with Crippen molar-refractivity contribution < 1.29 is 4.74 Å². The van der Waals surface area contributed by atoms with Crippen LogP contribution in [-0.2, 0) is 12.0 Å². The fourth-order valence-electron chi connectivity index (χ4n) is 2.13. The van der Waals surface area contributed by atoms with E-state index in [2.05, 4.69) is 48.8 Å². The van der Waals surface area contributed by atoms with Crippen LogP contribution < -0.4 is 10.5 Å². The van der Waals surface area contributed by atoms with E-state index in [1.807, 2.05) is 30.3 Å². The molecule has 0 fully saturated rings. The third-order valence-electron chi connectivity index (χ3n) is 3.91. The minimum absolute atomic E-state index is 0.206. The summed E-state index contributed by atoms with van der Waals surface area (Å²) in [5.41, 5.74) is 9.16. The molecule has 0 radical (unpaired) electrons. The lowest BCUT2D eigenvalue weighted by molar-refractivity contribution is 0.306. The predicted octanol–water partition coefficient (Wildman–Crippen LogP) is 5.30. The van der Waals surface area contributed by atoms with Gasteiger partial charge in [-0.05, 0) is 53.3 Å². The van der Waals surface area contributed by atoms with Crippen LogP contribution in [0.4, 0.5) is 5.69 Å². The second-order valence-corrected chi connectivity index (χ2v) is 6.86. The molecule has 0 spiro atoms. The highest BCUT2D eigenvalue weighted by Gasteiger charge is 2.17. The number of ether oxygens (including phenoxy) is 1. The van der Waals surface area contributed by atoms with Crippen molar-refractivity contribution in [3.8, 4) is 5.75 Å². The van der Waals surface area contributed by atoms with Crippen LogP contribution in [0.1, 0.15) is 38.3 Å². The molecule has 21 heavy (non-hydrogen) atoms. The Bertz CT molecular complexity index is 585. The first-order valence-electron chi connectivity index (χ1n) is 7.19. The first kappa shape index (κ1) is 15.9. The van der Waals surface area contributed by atoms with E-state index < -0.39 is 0 Å². The Kier molecular flexibility index (Phi) is 4.94. The number of anilines is 1. The Morgan fingerprint density at radius 1 is 1.10 bits per heavy atom. The number of halogens is 1. The highest BCUT2D eigenvalue weighted by molar-refractivity contribution is 9.10. The molecule has 2 nitrogen and oxygen atoms in total. The van der Waals surface area contributed by atoms with Crippen LogP contribution in [-0.4, -0.2) is 0 Å². The van der Waals surface area contributed by atoms with Crippen LogP contribution in [0, 0.1) is 0 Å². The van der Waals surface area contributed by atoms with Crippen LogP contribution in [0.2, 0.25) is 0 Å². The smallest absolute Gasteiger partial charge is 0.119 e. The zero-order chi connectivity index (χ0) is 15.5. The van der Waals surface area contributed by atoms with Crippen molar-refractivity contribution in [2.45, 2.75) is 39.2 Å². The predicted molar refractivity (Wildman–Crippen MR) is 92.6 cm³/mol. The highest BCUT2D eigenvalue weighted by Crippen LogP contribution is 2.28. The third-order valence-corrected chi connectivity index (χ3v) is 4.36. The zero-order valence-electron chi connectivity index (χ0n) is 12.8. The number of hydrogen-bond donors (Lipinski definition) is 1. The summed E-state index contributed by atoms with van der Waals surface area (Å²) < 4.78 is 6.80. The maximum atomic E-state index is 5.83. The van der Waals surface area contributed by atoms with Crippen molar-refractivity contribution in [2.75, 3.05) is 5.73 Å². The molecular formula is C18H22BrNO. The Labute approximate surface area is 135 Å². The molecule has 0 unspecified atom stereocenters. The van der Waals surface area contributed by atoms with Gasteiger partial charge in [0.25, 0.3) is 0 Å². The molecule has 0 aliphatic rings. The van der Waals surface area contributed by atoms with Crippen molar-refractivity contribution in [1.82, 2.24) is 0 Å². The van der Waals surface area contributed by atoms with Gasteiger partial charge in [0.15, 0.2) is 0 Å². The molecule has 0 atom stereocenters. The molecule has 0 bridgehead atoms. The van der Waals surface area contributed by atoms with Gasteiger partial charge in [0, 0.05) is 10.2 Å². The average Bonchev–Trinajstić information content (AvgIpc) is 2.44. The van der Waals surface area contributed by atoms with Gasteiger partial charge >= 0.3 is 0 Å². The average molecular weight is 348 g/mol. The SMILES string of the molecule is CCC(C)(C)c1ccc(OCc2cc(N)cc(Br)c2)cc1. The second-order valence-electron chi connectivity index (χ2n) is 5.94. The van der Waals surface area contributed by atoms with Crippen LogP contribution in [0.15, 0.2) is 46.9 Å². The van der Waals surface area contributed by atoms with Gasteiger partial charge in [-0.2, -0.15) is 0 Å². The number of hydrogen-bond acceptors (Lipinski definition) is 2. The van der Waals surface area contributed by atoms with Gasteiger partial charge in [-0.1, -0.05) is 48.8 Å². The Morgan fingerprint density at radius 2 is 1.76 bits per heavy atom. The van der Waals surface area contributed by atoms with E-state index in [0.29, 0.717) is 6.61 Å². The van der Waals surface area contributed by atoms with Crippen LogP contribution in [0.3, 0.4) is 0 Å². The number of rotatable bonds is 5. The van der Waals surface area contributed by atoms with E-state index in [1.54, 1.807) is 0 Å². The Hall–Kier alpha value is -1.48. The van der Waals surface area contributed by atoms with Gasteiger partial charge in [-0.25, -0.2) is 0 Å². The zero-order valence-corrected chi connectivity index (χ0v) is 14.4. The van der Waals surface area contributed by atoms with Gasteiger partial charge in [0.1, 0.15) is 12.4 Å². The number of nitrogen functional groups attached to an aromatic ring is 1. The van der Waals surface area contributed by atoms with Crippen molar-refractivity contribution in [2.24, 2.45) is 0 Å². The molecule has 0 amide bonds. The Morgan fingerprint density at radius 3 is 2.33 bits per heavy atom. The lowest BCUT2D eigenvalue weighted by Gasteiger charge is -2.23. The van der Waals surface area contributed by atoms with Gasteiger partial charge in [0.2, 0.25) is 0 Å². The normalized spacial score (nSPS) is 11.4. The van der Waals surface area contributed by atoms with Crippen LogP contribution >= 0.6 is 15.9 Å². The van der Waals surface area contributed by atoms with Crippen molar-refractivity contribution in [1.29, 1.82) is 0 Å². The fraction of sp³-hybridized carbons (Fsp3) is 0.333. The van der Waals surface area contributed by atoms with E-state index in [9.17, 15) is 0 Å². The summed E-state index contributed by atoms with van der Waals surface area (Å²) in [5.74, 6) is 0.879. The minimum Gasteiger partial charge on any atom is -0.489 e. The number of benzene rings is 2. The summed E-state index contributed by atoms with van der Waals surface area (Å²) in [6, 6.07) is 14.2. The second kappa shape index (κ2) is 6.52. The molecule has 2 aromatic rings. The molecule has 0 aromatic heterocycles. The highest BCUT2D eigenvalue weighted by atomic mass is 79.9. The maximum Gasteiger partial charge on any atom is 0.119 e. The summed E-state index contributed by atoms with van der Waals surface area (Å²) in [7, 11) is 0. The van der Waals surface area contributed by atoms with Gasteiger partial charge in [-0.15, -0.1) is 0 Å². The standard InChI is InChI=1S/C18H22BrNO/c1-4-18(2,3)14-5-7-17(8-6-14)21-12-13-9-15(19)11-16(20)10-13/h5-11H,4,12,20H2,1-3H3. The molecule has 0 heterocycles. The molecule has 0 aliphatic carbocycles. The summed E-state index contributed by atoms with van der Waals surface area (Å²) in [4.78, 5) is 0. The van der Waals surface area contributed by atoms with E-state index >= 15 is 0 Å². The lowest BCUT2D eigenvalue weighted by atomic mass is 9.82. The molecule has 2 N–H and O–H groups in total. The summed E-state index contributed by atoms with van der Waals surface area (Å²) >= 11 is 3.44. The molecular weight excluding hydrogens is 326 g/mol. The van der Waals surface area contributed by atoms with Crippen molar-refractivity contribution >= 4 is 21.6 Å². The third kappa shape index (κ3) is 4.24. The largest absolute Gasteiger partial charge is 0.489 e. The van der Waals surface area contributed by atoms with E-state index in [0.717, 1.165) is 27.9 Å². The van der Waals surface area contributed by atoms with Gasteiger partial charge in [-0.3, -0.25) is 0 Å². The van der Waals surface area contributed by atoms with E-state index in [-0.39, 0.29) is 5.41 Å². The summed E-state index contributed by atoms with van der Waals surface area (Å²) in [5, 5.41) is 0. The first-order chi connectivity index (χ1) is 9.90. The van der Waals surface area contributed by atoms with Gasteiger partial charge < -0.3 is 10.5 Å². The Balaban J connectivity index is 2.04. The molecule has 2 aromatic carbocycles. The molecule has 0 saturated heterocycles. The summed E-state index contributed by atoms with van der Waals surface area (Å²) in [6.45, 7) is 7.24. The topological polar surface area (TPSA) is 35.2 Å². The monoisotopic (exact) mass is 347 g/mol. The van der Waals surface area contributed by atoms with Crippen LogP contribution in [0.25, 0.3) is 0 Å². The first-order valence-corrected chi connectivity index (χ1v) is 7.98. The van der Waals surface area contributed by atoms with Crippen LogP contribution in [0.5, 0.6) is 5.75 Å². The van der Waals surface area contributed by atoms with Gasteiger partial charge in [0.05, 0.1) is 0 Å². The lowest BCUT2D eigenvalue weighted by Crippen LogP contribution is -2.15. The maximum absolute atomic E-state index is 5.83. The molecule has 112 valence electrons. The molecule has 0 saturated carbocycles. The fourth-order valence-corrected chi connectivity index (χ4v) is 2.69. The summed E-state index contributed by atoms with van der Waals surface area (Å²) in [6.07, 6.45) is 1.12.